The van der Waals surface area contributed by atoms with Crippen molar-refractivity contribution in [2.24, 2.45) is 5.41 Å². The zero-order valence-corrected chi connectivity index (χ0v) is 14.3. The van der Waals surface area contributed by atoms with Crippen LogP contribution in [-0.2, 0) is 11.2 Å². The van der Waals surface area contributed by atoms with Crippen molar-refractivity contribution in [1.82, 2.24) is 15.1 Å². The Balaban J connectivity index is 2.12. The van der Waals surface area contributed by atoms with Crippen LogP contribution in [0.25, 0.3) is 5.69 Å². The van der Waals surface area contributed by atoms with Crippen molar-refractivity contribution in [3.63, 3.8) is 0 Å². The van der Waals surface area contributed by atoms with Crippen LogP contribution in [0.1, 0.15) is 30.8 Å². The van der Waals surface area contributed by atoms with Crippen LogP contribution in [0.4, 0.5) is 0 Å². The fraction of sp³-hybridized carbons (Fsp3) is 0.444. The summed E-state index contributed by atoms with van der Waals surface area (Å²) in [6.07, 6.45) is 0.298. The van der Waals surface area contributed by atoms with Crippen LogP contribution in [0.15, 0.2) is 30.3 Å². The highest BCUT2D eigenvalue weighted by atomic mass is 16.3. The van der Waals surface area contributed by atoms with Gasteiger partial charge in [-0.2, -0.15) is 5.10 Å². The van der Waals surface area contributed by atoms with E-state index in [0.717, 1.165) is 22.6 Å². The van der Waals surface area contributed by atoms with Crippen LogP contribution >= 0.6 is 0 Å². The minimum atomic E-state index is -0.312. The number of hydrogen-bond acceptors (Lipinski definition) is 3. The van der Waals surface area contributed by atoms with Gasteiger partial charge in [0.05, 0.1) is 17.8 Å². The van der Waals surface area contributed by atoms with Crippen LogP contribution in [-0.4, -0.2) is 33.9 Å². The molecule has 2 N–H and O–H groups in total. The molecule has 1 heterocycles. The number of benzene rings is 1. The summed E-state index contributed by atoms with van der Waals surface area (Å²) in [6.45, 7) is 8.22. The van der Waals surface area contributed by atoms with Gasteiger partial charge in [-0.3, -0.25) is 4.79 Å². The molecule has 0 bridgehead atoms. The summed E-state index contributed by atoms with van der Waals surface area (Å²) < 4.78 is 1.87. The van der Waals surface area contributed by atoms with Crippen LogP contribution < -0.4 is 5.32 Å². The van der Waals surface area contributed by atoms with Crippen LogP contribution in [0, 0.1) is 19.3 Å². The molecule has 0 unspecified atom stereocenters. The summed E-state index contributed by atoms with van der Waals surface area (Å²) in [5, 5.41) is 16.7. The predicted octanol–water partition coefficient (Wildman–Crippen LogP) is 2.17. The molecule has 1 amide bonds. The fourth-order valence-corrected chi connectivity index (χ4v) is 2.37. The first-order valence-electron chi connectivity index (χ1n) is 7.82. The number of amides is 1. The Bertz CT molecular complexity index is 675. The molecule has 0 aliphatic heterocycles. The summed E-state index contributed by atoms with van der Waals surface area (Å²) in [5.41, 5.74) is 3.47. The largest absolute Gasteiger partial charge is 0.396 e. The number of para-hydroxylation sites is 1. The molecule has 0 saturated heterocycles. The summed E-state index contributed by atoms with van der Waals surface area (Å²) in [6, 6.07) is 9.89. The first kappa shape index (κ1) is 17.2. The van der Waals surface area contributed by atoms with Crippen molar-refractivity contribution in [2.45, 2.75) is 34.1 Å². The Labute approximate surface area is 137 Å². The second-order valence-corrected chi connectivity index (χ2v) is 6.67. The maximum atomic E-state index is 12.2. The van der Waals surface area contributed by atoms with E-state index in [2.05, 4.69) is 10.4 Å². The monoisotopic (exact) mass is 315 g/mol. The van der Waals surface area contributed by atoms with Gasteiger partial charge in [-0.05, 0) is 26.0 Å². The van der Waals surface area contributed by atoms with Crippen molar-refractivity contribution >= 4 is 5.91 Å². The van der Waals surface area contributed by atoms with Crippen LogP contribution in [0.2, 0.25) is 0 Å². The van der Waals surface area contributed by atoms with Gasteiger partial charge in [-0.15, -0.1) is 0 Å². The number of aliphatic hydroxyl groups excluding tert-OH is 1. The third kappa shape index (κ3) is 4.20. The van der Waals surface area contributed by atoms with Crippen molar-refractivity contribution in [1.29, 1.82) is 0 Å². The van der Waals surface area contributed by atoms with Gasteiger partial charge in [0.15, 0.2) is 0 Å². The van der Waals surface area contributed by atoms with E-state index in [1.165, 1.54) is 0 Å². The van der Waals surface area contributed by atoms with E-state index in [-0.39, 0.29) is 17.9 Å². The highest BCUT2D eigenvalue weighted by Gasteiger charge is 2.19. The Kier molecular flexibility index (Phi) is 5.21. The van der Waals surface area contributed by atoms with Crippen molar-refractivity contribution < 1.29 is 9.90 Å². The number of rotatable bonds is 6. The van der Waals surface area contributed by atoms with E-state index in [1.807, 2.05) is 62.7 Å². The number of nitrogens with one attached hydrogen (secondary N) is 1. The third-order valence-electron chi connectivity index (χ3n) is 3.97. The lowest BCUT2D eigenvalue weighted by Gasteiger charge is -2.21. The molecule has 5 nitrogen and oxygen atoms in total. The van der Waals surface area contributed by atoms with Crippen LogP contribution in [0.3, 0.4) is 0 Å². The molecule has 0 aliphatic carbocycles. The standard InChI is InChI=1S/C18H25N3O2/c1-13-16(10-17(23)19-11-18(3,4)12-22)14(2)21(20-13)15-8-6-5-7-9-15/h5-9,22H,10-12H2,1-4H3,(H,19,23). The second-order valence-electron chi connectivity index (χ2n) is 6.67. The molecule has 0 aliphatic rings. The molecule has 5 heteroatoms. The van der Waals surface area contributed by atoms with Crippen molar-refractivity contribution in [3.8, 4) is 5.69 Å². The Morgan fingerprint density at radius 2 is 1.91 bits per heavy atom. The van der Waals surface area contributed by atoms with E-state index in [9.17, 15) is 9.90 Å². The zero-order valence-electron chi connectivity index (χ0n) is 14.3. The van der Waals surface area contributed by atoms with E-state index in [0.29, 0.717) is 13.0 Å². The molecular weight excluding hydrogens is 290 g/mol. The molecular formula is C18H25N3O2. The average Bonchev–Trinajstić information content (AvgIpc) is 2.82. The van der Waals surface area contributed by atoms with Gasteiger partial charge in [0, 0.05) is 29.8 Å². The molecule has 0 fully saturated rings. The first-order chi connectivity index (χ1) is 10.8. The zero-order chi connectivity index (χ0) is 17.0. The smallest absolute Gasteiger partial charge is 0.224 e. The molecule has 124 valence electrons. The summed E-state index contributed by atoms with van der Waals surface area (Å²) in [5.74, 6) is -0.0506. The molecule has 2 rings (SSSR count). The first-order valence-corrected chi connectivity index (χ1v) is 7.82. The van der Waals surface area contributed by atoms with Gasteiger partial charge < -0.3 is 10.4 Å². The lowest BCUT2D eigenvalue weighted by atomic mass is 9.95. The predicted molar refractivity (Wildman–Crippen MR) is 90.6 cm³/mol. The number of carbonyl (C=O) groups excluding carboxylic acids is 1. The maximum absolute atomic E-state index is 12.2. The number of nitrogens with zero attached hydrogens (tertiary/aromatic N) is 2. The topological polar surface area (TPSA) is 67.2 Å². The van der Waals surface area contributed by atoms with Gasteiger partial charge in [-0.1, -0.05) is 32.0 Å². The second kappa shape index (κ2) is 6.96. The van der Waals surface area contributed by atoms with Crippen molar-refractivity contribution in [2.75, 3.05) is 13.2 Å². The van der Waals surface area contributed by atoms with E-state index in [4.69, 9.17) is 0 Å². The molecule has 2 aromatic rings. The molecule has 23 heavy (non-hydrogen) atoms. The van der Waals surface area contributed by atoms with E-state index >= 15 is 0 Å². The Hall–Kier alpha value is -2.14. The average molecular weight is 315 g/mol. The lowest BCUT2D eigenvalue weighted by molar-refractivity contribution is -0.121. The molecule has 1 aromatic carbocycles. The fourth-order valence-electron chi connectivity index (χ4n) is 2.37. The minimum Gasteiger partial charge on any atom is -0.396 e. The van der Waals surface area contributed by atoms with E-state index in [1.54, 1.807) is 0 Å². The quantitative estimate of drug-likeness (QED) is 0.858. The summed E-state index contributed by atoms with van der Waals surface area (Å²) in [4.78, 5) is 12.2. The highest BCUT2D eigenvalue weighted by molar-refractivity contribution is 5.79. The molecule has 0 atom stereocenters. The molecule has 0 saturated carbocycles. The van der Waals surface area contributed by atoms with Gasteiger partial charge in [0.1, 0.15) is 0 Å². The van der Waals surface area contributed by atoms with Gasteiger partial charge in [-0.25, -0.2) is 4.68 Å². The Morgan fingerprint density at radius 1 is 1.26 bits per heavy atom. The van der Waals surface area contributed by atoms with Gasteiger partial charge in [0.2, 0.25) is 5.91 Å². The number of aromatic nitrogens is 2. The molecule has 0 radical (unpaired) electrons. The van der Waals surface area contributed by atoms with Gasteiger partial charge in [0.25, 0.3) is 0 Å². The highest BCUT2D eigenvalue weighted by Crippen LogP contribution is 2.18. The number of carbonyl (C=O) groups is 1. The van der Waals surface area contributed by atoms with Crippen LogP contribution in [0.5, 0.6) is 0 Å². The van der Waals surface area contributed by atoms with Gasteiger partial charge >= 0.3 is 0 Å². The number of hydrogen-bond donors (Lipinski definition) is 2. The minimum absolute atomic E-state index is 0.0390. The normalized spacial score (nSPS) is 11.5. The summed E-state index contributed by atoms with van der Waals surface area (Å²) >= 11 is 0. The van der Waals surface area contributed by atoms with Crippen molar-refractivity contribution in [3.05, 3.63) is 47.3 Å². The number of aliphatic hydroxyl groups is 1. The maximum Gasteiger partial charge on any atom is 0.224 e. The third-order valence-corrected chi connectivity index (χ3v) is 3.97. The molecule has 1 aromatic heterocycles. The summed E-state index contributed by atoms with van der Waals surface area (Å²) in [7, 11) is 0. The number of aryl methyl sites for hydroxylation is 1. The Morgan fingerprint density at radius 3 is 2.52 bits per heavy atom. The molecule has 0 spiro atoms. The lowest BCUT2D eigenvalue weighted by Crippen LogP contribution is -2.36. The van der Waals surface area contributed by atoms with E-state index < -0.39 is 0 Å². The SMILES string of the molecule is Cc1nn(-c2ccccc2)c(C)c1CC(=O)NCC(C)(C)CO.